The summed E-state index contributed by atoms with van der Waals surface area (Å²) in [6, 6.07) is -0.418. The van der Waals surface area contributed by atoms with Crippen molar-refractivity contribution in [2.24, 2.45) is 4.99 Å². The third-order valence-corrected chi connectivity index (χ3v) is 3.14. The third kappa shape index (κ3) is 4.29. The maximum absolute atomic E-state index is 11.5. The Hall–Kier alpha value is -0.590. The van der Waals surface area contributed by atoms with Crippen LogP contribution in [0.2, 0.25) is 0 Å². The van der Waals surface area contributed by atoms with Gasteiger partial charge in [0.05, 0.1) is 6.61 Å². The highest BCUT2D eigenvalue weighted by molar-refractivity contribution is 8.14. The average molecular weight is 261 g/mol. The smallest absolute Gasteiger partial charge is 0.331 e. The summed E-state index contributed by atoms with van der Waals surface area (Å²) >= 11 is 1.49. The second-order valence-corrected chi connectivity index (χ2v) is 4.33. The zero-order chi connectivity index (χ0) is 12.7. The first-order chi connectivity index (χ1) is 8.22. The number of nitrogens with zero attached hydrogens (tertiary/aromatic N) is 1. The Morgan fingerprint density at radius 1 is 1.35 bits per heavy atom. The molecule has 0 saturated heterocycles. The molecule has 0 radical (unpaired) electrons. The van der Waals surface area contributed by atoms with E-state index in [1.807, 2.05) is 13.8 Å². The fourth-order valence-electron chi connectivity index (χ4n) is 1.37. The molecule has 6 heteroatoms. The molecule has 98 valence electrons. The van der Waals surface area contributed by atoms with Crippen molar-refractivity contribution in [1.82, 2.24) is 0 Å². The first kappa shape index (κ1) is 14.5. The van der Waals surface area contributed by atoms with E-state index < -0.39 is 12.3 Å². The van der Waals surface area contributed by atoms with Gasteiger partial charge < -0.3 is 14.2 Å². The SMILES string of the molecule is CCOC(=O)C1CSC(C(OCC)OCC)=N1. The number of carbonyl (C=O) groups excluding carboxylic acids is 1. The van der Waals surface area contributed by atoms with Crippen LogP contribution in [-0.2, 0) is 19.0 Å². The van der Waals surface area contributed by atoms with E-state index in [2.05, 4.69) is 4.99 Å². The first-order valence-electron chi connectivity index (χ1n) is 5.83. The molecule has 1 rings (SSSR count). The first-order valence-corrected chi connectivity index (χ1v) is 6.81. The van der Waals surface area contributed by atoms with Crippen LogP contribution in [0.15, 0.2) is 4.99 Å². The molecule has 0 N–H and O–H groups in total. The minimum absolute atomic E-state index is 0.276. The Labute approximate surface area is 106 Å². The fraction of sp³-hybridized carbons (Fsp3) is 0.818. The summed E-state index contributed by atoms with van der Waals surface area (Å²) in [5, 5.41) is 0.728. The second kappa shape index (κ2) is 7.68. The molecule has 0 aliphatic carbocycles. The molecular weight excluding hydrogens is 242 g/mol. The van der Waals surface area contributed by atoms with Gasteiger partial charge in [0.2, 0.25) is 6.29 Å². The van der Waals surface area contributed by atoms with Gasteiger partial charge in [0.25, 0.3) is 0 Å². The monoisotopic (exact) mass is 261 g/mol. The molecule has 0 aromatic carbocycles. The summed E-state index contributed by atoms with van der Waals surface area (Å²) in [6.07, 6.45) is -0.450. The Kier molecular flexibility index (Phi) is 6.54. The number of ether oxygens (including phenoxy) is 3. The molecule has 1 aliphatic rings. The summed E-state index contributed by atoms with van der Waals surface area (Å²) in [6.45, 7) is 7.06. The van der Waals surface area contributed by atoms with Gasteiger partial charge in [0.15, 0.2) is 6.04 Å². The van der Waals surface area contributed by atoms with Crippen molar-refractivity contribution < 1.29 is 19.0 Å². The predicted molar refractivity (Wildman–Crippen MR) is 67.4 cm³/mol. The maximum atomic E-state index is 11.5. The van der Waals surface area contributed by atoms with Gasteiger partial charge in [-0.1, -0.05) is 0 Å². The van der Waals surface area contributed by atoms with Gasteiger partial charge in [-0.2, -0.15) is 0 Å². The van der Waals surface area contributed by atoms with Crippen LogP contribution < -0.4 is 0 Å². The van der Waals surface area contributed by atoms with Crippen molar-refractivity contribution in [1.29, 1.82) is 0 Å². The third-order valence-electron chi connectivity index (χ3n) is 2.07. The Morgan fingerprint density at radius 2 is 2.00 bits per heavy atom. The summed E-state index contributed by atoms with van der Waals surface area (Å²) < 4.78 is 15.8. The Morgan fingerprint density at radius 3 is 2.53 bits per heavy atom. The van der Waals surface area contributed by atoms with Crippen LogP contribution >= 0.6 is 11.8 Å². The van der Waals surface area contributed by atoms with Crippen LogP contribution in [0.25, 0.3) is 0 Å². The zero-order valence-electron chi connectivity index (χ0n) is 10.5. The molecule has 0 saturated carbocycles. The molecule has 0 aromatic rings. The van der Waals surface area contributed by atoms with Crippen LogP contribution in [0.4, 0.5) is 0 Å². The van der Waals surface area contributed by atoms with E-state index in [-0.39, 0.29) is 5.97 Å². The van der Waals surface area contributed by atoms with Crippen molar-refractivity contribution >= 4 is 22.8 Å². The van der Waals surface area contributed by atoms with E-state index in [1.165, 1.54) is 11.8 Å². The van der Waals surface area contributed by atoms with Crippen LogP contribution in [0, 0.1) is 0 Å². The molecule has 1 atom stereocenters. The van der Waals surface area contributed by atoms with Gasteiger partial charge in [-0.15, -0.1) is 11.8 Å². The number of hydrogen-bond donors (Lipinski definition) is 0. The molecule has 0 spiro atoms. The van der Waals surface area contributed by atoms with Gasteiger partial charge in [0, 0.05) is 19.0 Å². The normalized spacial score (nSPS) is 19.5. The summed E-state index contributed by atoms with van der Waals surface area (Å²) in [5.74, 6) is 0.326. The molecule has 0 amide bonds. The van der Waals surface area contributed by atoms with Crippen molar-refractivity contribution in [2.45, 2.75) is 33.1 Å². The lowest BCUT2D eigenvalue weighted by Gasteiger charge is -2.15. The lowest BCUT2D eigenvalue weighted by Crippen LogP contribution is -2.25. The van der Waals surface area contributed by atoms with Gasteiger partial charge in [0.1, 0.15) is 5.04 Å². The summed E-state index contributed by atoms with van der Waals surface area (Å²) in [4.78, 5) is 15.8. The van der Waals surface area contributed by atoms with Crippen molar-refractivity contribution in [2.75, 3.05) is 25.6 Å². The number of hydrogen-bond acceptors (Lipinski definition) is 6. The van der Waals surface area contributed by atoms with Crippen LogP contribution in [-0.4, -0.2) is 48.9 Å². The van der Waals surface area contributed by atoms with Crippen molar-refractivity contribution in [3.05, 3.63) is 0 Å². The number of esters is 1. The molecule has 17 heavy (non-hydrogen) atoms. The van der Waals surface area contributed by atoms with Gasteiger partial charge in [-0.3, -0.25) is 4.99 Å². The fourth-order valence-corrected chi connectivity index (χ4v) is 2.39. The minimum atomic E-state index is -0.450. The molecule has 1 aliphatic heterocycles. The van der Waals surface area contributed by atoms with Crippen molar-refractivity contribution in [3.63, 3.8) is 0 Å². The van der Waals surface area contributed by atoms with E-state index in [4.69, 9.17) is 14.2 Å². The Bertz CT molecular complexity index is 277. The van der Waals surface area contributed by atoms with Gasteiger partial charge >= 0.3 is 5.97 Å². The molecular formula is C11H19NO4S. The number of thioether (sulfide) groups is 1. The second-order valence-electron chi connectivity index (χ2n) is 3.29. The van der Waals surface area contributed by atoms with E-state index in [0.717, 1.165) is 5.04 Å². The van der Waals surface area contributed by atoms with Gasteiger partial charge in [-0.05, 0) is 20.8 Å². The predicted octanol–water partition coefficient (Wildman–Crippen LogP) is 1.46. The lowest BCUT2D eigenvalue weighted by molar-refractivity contribution is -0.143. The topological polar surface area (TPSA) is 57.1 Å². The molecule has 0 fully saturated rings. The standard InChI is InChI=1S/C11H19NO4S/c1-4-14-10(13)8-7-17-9(12-8)11(15-5-2)16-6-3/h8,11H,4-7H2,1-3H3. The van der Waals surface area contributed by atoms with E-state index in [9.17, 15) is 4.79 Å². The van der Waals surface area contributed by atoms with E-state index in [0.29, 0.717) is 25.6 Å². The van der Waals surface area contributed by atoms with Crippen molar-refractivity contribution in [3.8, 4) is 0 Å². The number of aliphatic imine (C=N–C) groups is 1. The minimum Gasteiger partial charge on any atom is -0.464 e. The molecule has 0 aromatic heterocycles. The maximum Gasteiger partial charge on any atom is 0.331 e. The highest BCUT2D eigenvalue weighted by Gasteiger charge is 2.30. The summed E-state index contributed by atoms with van der Waals surface area (Å²) in [5.41, 5.74) is 0. The highest BCUT2D eigenvalue weighted by atomic mass is 32.2. The molecule has 0 bridgehead atoms. The average Bonchev–Trinajstić information content (AvgIpc) is 2.78. The van der Waals surface area contributed by atoms with E-state index in [1.54, 1.807) is 6.92 Å². The van der Waals surface area contributed by atoms with Crippen LogP contribution in [0.3, 0.4) is 0 Å². The molecule has 5 nitrogen and oxygen atoms in total. The Balaban J connectivity index is 2.58. The lowest BCUT2D eigenvalue weighted by atomic mass is 10.3. The zero-order valence-corrected chi connectivity index (χ0v) is 11.3. The number of carbonyl (C=O) groups is 1. The van der Waals surface area contributed by atoms with Gasteiger partial charge in [-0.25, -0.2) is 4.79 Å². The highest BCUT2D eigenvalue weighted by Crippen LogP contribution is 2.23. The quantitative estimate of drug-likeness (QED) is 0.513. The van der Waals surface area contributed by atoms with Crippen LogP contribution in [0.5, 0.6) is 0 Å². The largest absolute Gasteiger partial charge is 0.464 e. The van der Waals surface area contributed by atoms with E-state index >= 15 is 0 Å². The van der Waals surface area contributed by atoms with Crippen LogP contribution in [0.1, 0.15) is 20.8 Å². The summed E-state index contributed by atoms with van der Waals surface area (Å²) in [7, 11) is 0. The number of rotatable bonds is 7. The molecule has 1 heterocycles. The molecule has 1 unspecified atom stereocenters.